The number of rotatable bonds is 16. The summed E-state index contributed by atoms with van der Waals surface area (Å²) in [5.74, 6) is -0.385. The van der Waals surface area contributed by atoms with Crippen LogP contribution in [0.2, 0.25) is 0 Å². The lowest BCUT2D eigenvalue weighted by Gasteiger charge is -2.40. The van der Waals surface area contributed by atoms with Crippen LogP contribution in [0.3, 0.4) is 0 Å². The summed E-state index contributed by atoms with van der Waals surface area (Å²) in [5.41, 5.74) is 4.43. The largest absolute Gasteiger partial charge is 0.387 e. The fraction of sp³-hybridized carbons (Fsp3) is 0.568. The molecule has 0 spiro atoms. The third kappa shape index (κ3) is 9.92. The maximum atomic E-state index is 12.9. The topological polar surface area (TPSA) is 162 Å². The maximum Gasteiger partial charge on any atom is 0.245 e. The van der Waals surface area contributed by atoms with E-state index < -0.39 is 35.4 Å². The number of aliphatic hydroxyl groups excluding tert-OH is 3. The number of hydrogen-bond donors (Lipinski definition) is 5. The molecule has 0 radical (unpaired) electrons. The molecule has 1 aliphatic heterocycles. The van der Waals surface area contributed by atoms with Crippen LogP contribution in [0.15, 0.2) is 48.7 Å². The Kier molecular flexibility index (Phi) is 12.7. The van der Waals surface area contributed by atoms with Crippen LogP contribution >= 0.6 is 11.8 Å². The van der Waals surface area contributed by atoms with Crippen LogP contribution in [0.4, 0.5) is 0 Å². The second-order valence-electron chi connectivity index (χ2n) is 14.3. The second kappa shape index (κ2) is 16.8. The number of hydrogen-bond acceptors (Lipinski definition) is 10. The molecule has 2 fully saturated rings. The van der Waals surface area contributed by atoms with Crippen molar-refractivity contribution in [1.29, 1.82) is 0 Å². The quantitative estimate of drug-likeness (QED) is 0.150. The number of ether oxygens (including phenoxy) is 1. The van der Waals surface area contributed by atoms with Crippen LogP contribution < -0.4 is 10.6 Å². The highest BCUT2D eigenvalue weighted by atomic mass is 32.2. The van der Waals surface area contributed by atoms with Gasteiger partial charge < -0.3 is 30.7 Å². The summed E-state index contributed by atoms with van der Waals surface area (Å²) in [5, 5.41) is 45.5. The minimum Gasteiger partial charge on any atom is -0.387 e. The Hall–Kier alpha value is -3.33. The molecule has 2 aromatic carbocycles. The molecule has 13 heteroatoms. The van der Waals surface area contributed by atoms with Gasteiger partial charge >= 0.3 is 0 Å². The van der Waals surface area contributed by atoms with E-state index in [4.69, 9.17) is 4.74 Å². The number of amides is 2. The highest BCUT2D eigenvalue weighted by Gasteiger charge is 2.44. The van der Waals surface area contributed by atoms with Gasteiger partial charge in [0.1, 0.15) is 35.4 Å². The van der Waals surface area contributed by atoms with Gasteiger partial charge in [0.2, 0.25) is 11.8 Å². The number of aliphatic hydroxyl groups is 3. The van der Waals surface area contributed by atoms with Crippen molar-refractivity contribution in [2.45, 2.75) is 107 Å². The Balaban J connectivity index is 1.03. The Morgan fingerprint density at radius 1 is 1.06 bits per heavy atom. The predicted octanol–water partition coefficient (Wildman–Crippen LogP) is 2.82. The molecule has 0 bridgehead atoms. The first-order valence-corrected chi connectivity index (χ1v) is 18.7. The lowest BCUT2D eigenvalue weighted by atomic mass is 9.91. The monoisotopic (exact) mass is 708 g/mol. The highest BCUT2D eigenvalue weighted by Crippen LogP contribution is 2.37. The van der Waals surface area contributed by atoms with Gasteiger partial charge in [-0.1, -0.05) is 47.7 Å². The van der Waals surface area contributed by atoms with Crippen molar-refractivity contribution in [2.24, 2.45) is 0 Å². The lowest BCUT2D eigenvalue weighted by molar-refractivity contribution is -0.200. The molecule has 3 aromatic rings. The SMILES string of the molecule is CS[C@H]1O[C@@H](c2ccc(C)c(Cc3ccc(CCCC(=O)NC(C)(C)C(=O)NCCN(C)Cc4cn(C5CC5)nn4)cc3)c2)[C@H](O)[C@@H](O)[C@@H]1O. The van der Waals surface area contributed by atoms with E-state index in [-0.39, 0.29) is 11.8 Å². The van der Waals surface area contributed by atoms with E-state index in [2.05, 4.69) is 50.1 Å². The number of thioether (sulfide) groups is 1. The minimum absolute atomic E-state index is 0.161. The second-order valence-corrected chi connectivity index (χ2v) is 15.2. The van der Waals surface area contributed by atoms with E-state index in [1.54, 1.807) is 20.1 Å². The molecular weight excluding hydrogens is 657 g/mol. The number of likely N-dealkylation sites (N-methyl/N-ethyl adjacent to an activating group) is 1. The maximum absolute atomic E-state index is 12.9. The van der Waals surface area contributed by atoms with Crippen LogP contribution in [0.5, 0.6) is 0 Å². The third-order valence-electron chi connectivity index (χ3n) is 9.50. The van der Waals surface area contributed by atoms with Crippen LogP contribution in [0.25, 0.3) is 0 Å². The van der Waals surface area contributed by atoms with Crippen molar-refractivity contribution in [3.63, 3.8) is 0 Å². The molecule has 0 unspecified atom stereocenters. The first kappa shape index (κ1) is 37.9. The molecule has 272 valence electrons. The van der Waals surface area contributed by atoms with Crippen molar-refractivity contribution in [3.05, 3.63) is 82.2 Å². The van der Waals surface area contributed by atoms with Gasteiger partial charge in [0, 0.05) is 26.1 Å². The fourth-order valence-electron chi connectivity index (χ4n) is 6.18. The minimum atomic E-state index is -1.29. The van der Waals surface area contributed by atoms with Crippen molar-refractivity contribution in [1.82, 2.24) is 30.5 Å². The molecule has 2 aliphatic rings. The first-order chi connectivity index (χ1) is 23.8. The molecule has 5 rings (SSSR count). The van der Waals surface area contributed by atoms with Gasteiger partial charge in [-0.05, 0) is 94.0 Å². The van der Waals surface area contributed by atoms with Crippen molar-refractivity contribution in [2.75, 3.05) is 26.4 Å². The number of aromatic nitrogens is 3. The predicted molar refractivity (Wildman–Crippen MR) is 192 cm³/mol. The van der Waals surface area contributed by atoms with E-state index in [0.717, 1.165) is 52.8 Å². The fourth-order valence-corrected chi connectivity index (χ4v) is 6.85. The number of nitrogens with zero attached hydrogens (tertiary/aromatic N) is 4. The summed E-state index contributed by atoms with van der Waals surface area (Å²) in [6, 6.07) is 14.7. The van der Waals surface area contributed by atoms with E-state index in [1.807, 2.05) is 43.0 Å². The average Bonchev–Trinajstić information content (AvgIpc) is 3.83. The van der Waals surface area contributed by atoms with Gasteiger partial charge in [-0.15, -0.1) is 16.9 Å². The van der Waals surface area contributed by atoms with Crippen molar-refractivity contribution in [3.8, 4) is 0 Å². The summed E-state index contributed by atoms with van der Waals surface area (Å²) in [7, 11) is 1.98. The Labute approximate surface area is 299 Å². The van der Waals surface area contributed by atoms with Crippen LogP contribution in [0.1, 0.15) is 85.2 Å². The molecule has 1 saturated heterocycles. The molecule has 2 heterocycles. The van der Waals surface area contributed by atoms with Gasteiger partial charge in [0.25, 0.3) is 0 Å². The number of carbonyl (C=O) groups excluding carboxylic acids is 2. The zero-order chi connectivity index (χ0) is 36.0. The number of carbonyl (C=O) groups is 2. The van der Waals surface area contributed by atoms with Gasteiger partial charge in [-0.25, -0.2) is 4.68 Å². The van der Waals surface area contributed by atoms with E-state index >= 15 is 0 Å². The van der Waals surface area contributed by atoms with Gasteiger partial charge in [0.15, 0.2) is 0 Å². The van der Waals surface area contributed by atoms with Crippen molar-refractivity contribution < 1.29 is 29.6 Å². The standard InChI is InChI=1S/C37H52N6O6S/c1-23-9-14-26(34-32(46)31(45)33(47)35(49-34)50-5)20-27(23)19-25-12-10-24(11-13-25)7-6-8-30(44)39-37(2,3)36(48)38-17-18-42(4)21-28-22-43(41-40-28)29-15-16-29/h9-14,20,22,29,31-35,45-47H,6-8,15-19,21H2,1-5H3,(H,38,48)(H,39,44)/t31-,32-,33+,34+,35-/m1/s1. The normalized spacial score (nSPS) is 22.5. The zero-order valence-corrected chi connectivity index (χ0v) is 30.5. The van der Waals surface area contributed by atoms with Gasteiger partial charge in [-0.2, -0.15) is 0 Å². The summed E-state index contributed by atoms with van der Waals surface area (Å²) >= 11 is 1.30. The summed E-state index contributed by atoms with van der Waals surface area (Å²) in [6.45, 7) is 7.23. The van der Waals surface area contributed by atoms with Crippen LogP contribution in [-0.2, 0) is 33.7 Å². The summed E-state index contributed by atoms with van der Waals surface area (Å²) in [6.07, 6.45) is 4.07. The Morgan fingerprint density at radius 3 is 2.48 bits per heavy atom. The molecule has 5 N–H and O–H groups in total. The van der Waals surface area contributed by atoms with E-state index in [9.17, 15) is 24.9 Å². The molecule has 1 aliphatic carbocycles. The van der Waals surface area contributed by atoms with Crippen molar-refractivity contribution >= 4 is 23.6 Å². The van der Waals surface area contributed by atoms with Crippen LogP contribution in [-0.4, -0.2) is 103 Å². The van der Waals surface area contributed by atoms with E-state index in [0.29, 0.717) is 44.9 Å². The molecule has 2 amide bonds. The van der Waals surface area contributed by atoms with E-state index in [1.165, 1.54) is 11.8 Å². The third-order valence-corrected chi connectivity index (χ3v) is 10.4. The summed E-state index contributed by atoms with van der Waals surface area (Å²) in [4.78, 5) is 27.7. The number of nitrogens with one attached hydrogen (secondary N) is 2. The van der Waals surface area contributed by atoms with Gasteiger partial charge in [0.05, 0.1) is 17.9 Å². The smallest absolute Gasteiger partial charge is 0.245 e. The molecular formula is C37H52N6O6S. The molecule has 12 nitrogen and oxygen atoms in total. The molecule has 50 heavy (non-hydrogen) atoms. The summed E-state index contributed by atoms with van der Waals surface area (Å²) < 4.78 is 7.90. The molecule has 1 aromatic heterocycles. The van der Waals surface area contributed by atoms with Gasteiger partial charge in [-0.3, -0.25) is 14.5 Å². The zero-order valence-electron chi connectivity index (χ0n) is 29.7. The number of aryl methyl sites for hydroxylation is 2. The number of benzene rings is 2. The Bertz CT molecular complexity index is 1590. The molecule has 5 atom stereocenters. The Morgan fingerprint density at radius 2 is 1.78 bits per heavy atom. The first-order valence-electron chi connectivity index (χ1n) is 17.4. The lowest BCUT2D eigenvalue weighted by Crippen LogP contribution is -2.55. The average molecular weight is 709 g/mol. The molecule has 1 saturated carbocycles. The van der Waals surface area contributed by atoms with Crippen LogP contribution in [0, 0.1) is 6.92 Å². The highest BCUT2D eigenvalue weighted by molar-refractivity contribution is 7.99.